The van der Waals surface area contributed by atoms with E-state index in [9.17, 15) is 14.9 Å². The minimum Gasteiger partial charge on any atom is -0.488 e. The lowest BCUT2D eigenvalue weighted by atomic mass is 9.88. The van der Waals surface area contributed by atoms with Gasteiger partial charge in [-0.15, -0.1) is 0 Å². The smallest absolute Gasteiger partial charge is 0.282 e. The van der Waals surface area contributed by atoms with Crippen LogP contribution >= 0.6 is 0 Å². The van der Waals surface area contributed by atoms with Gasteiger partial charge in [0.25, 0.3) is 11.2 Å². The van der Waals surface area contributed by atoms with Crippen molar-refractivity contribution in [3.8, 4) is 5.75 Å². The minimum absolute atomic E-state index is 0.0366. The number of nitro groups is 1. The molecule has 8 heteroatoms. The molecule has 182 valence electrons. The average Bonchev–Trinajstić information content (AvgIpc) is 2.92. The van der Waals surface area contributed by atoms with Crippen LogP contribution in [0.15, 0.2) is 82.7 Å². The molecule has 1 aliphatic carbocycles. The third-order valence-electron chi connectivity index (χ3n) is 6.52. The summed E-state index contributed by atoms with van der Waals surface area (Å²) < 4.78 is 7.44. The van der Waals surface area contributed by atoms with E-state index < -0.39 is 4.92 Å². The molecule has 0 aliphatic heterocycles. The van der Waals surface area contributed by atoms with E-state index in [1.807, 2.05) is 42.5 Å². The van der Waals surface area contributed by atoms with Gasteiger partial charge in [0, 0.05) is 23.6 Å². The zero-order chi connectivity index (χ0) is 24.9. The Morgan fingerprint density at radius 3 is 2.50 bits per heavy atom. The second kappa shape index (κ2) is 10.5. The largest absolute Gasteiger partial charge is 0.488 e. The first-order chi connectivity index (χ1) is 17.6. The molecule has 3 aromatic carbocycles. The molecule has 0 atom stereocenters. The Morgan fingerprint density at radius 1 is 1.00 bits per heavy atom. The third-order valence-corrected chi connectivity index (χ3v) is 6.52. The van der Waals surface area contributed by atoms with Gasteiger partial charge < -0.3 is 4.74 Å². The van der Waals surface area contributed by atoms with Crippen LogP contribution in [0.1, 0.15) is 55.0 Å². The van der Waals surface area contributed by atoms with E-state index in [-0.39, 0.29) is 23.8 Å². The number of rotatable bonds is 7. The zero-order valence-corrected chi connectivity index (χ0v) is 19.7. The van der Waals surface area contributed by atoms with E-state index in [4.69, 9.17) is 9.72 Å². The number of fused-ring (bicyclic) bond motifs is 1. The van der Waals surface area contributed by atoms with Gasteiger partial charge >= 0.3 is 0 Å². The van der Waals surface area contributed by atoms with Crippen molar-refractivity contribution in [1.82, 2.24) is 9.66 Å². The molecule has 5 rings (SSSR count). The van der Waals surface area contributed by atoms with Gasteiger partial charge in [-0.1, -0.05) is 43.5 Å². The van der Waals surface area contributed by atoms with E-state index in [1.54, 1.807) is 24.4 Å². The molecular formula is C28H26N4O4. The minimum atomic E-state index is -0.429. The summed E-state index contributed by atoms with van der Waals surface area (Å²) in [6.07, 6.45) is 7.07. The lowest BCUT2D eigenvalue weighted by molar-refractivity contribution is -0.384. The number of aromatic nitrogens is 2. The van der Waals surface area contributed by atoms with Crippen LogP contribution in [0.4, 0.5) is 5.69 Å². The molecule has 1 saturated carbocycles. The van der Waals surface area contributed by atoms with E-state index in [0.717, 1.165) is 31.2 Å². The van der Waals surface area contributed by atoms with Gasteiger partial charge in [-0.2, -0.15) is 9.78 Å². The second-order valence-corrected chi connectivity index (χ2v) is 8.93. The summed E-state index contributed by atoms with van der Waals surface area (Å²) in [5.41, 5.74) is 2.08. The van der Waals surface area contributed by atoms with Crippen molar-refractivity contribution in [3.63, 3.8) is 0 Å². The highest BCUT2D eigenvalue weighted by atomic mass is 16.6. The van der Waals surface area contributed by atoms with Gasteiger partial charge in [0.05, 0.1) is 22.0 Å². The number of nitrogens with zero attached hydrogens (tertiary/aromatic N) is 4. The van der Waals surface area contributed by atoms with Crippen molar-refractivity contribution in [2.45, 2.75) is 44.6 Å². The van der Waals surface area contributed by atoms with Crippen molar-refractivity contribution < 1.29 is 9.66 Å². The first kappa shape index (κ1) is 23.4. The average molecular weight is 483 g/mol. The molecule has 1 heterocycles. The maximum Gasteiger partial charge on any atom is 0.282 e. The van der Waals surface area contributed by atoms with Gasteiger partial charge in [-0.25, -0.2) is 4.98 Å². The van der Waals surface area contributed by atoms with Crippen molar-refractivity contribution in [1.29, 1.82) is 0 Å². The fourth-order valence-corrected chi connectivity index (χ4v) is 4.59. The Balaban J connectivity index is 1.45. The fraction of sp³-hybridized carbons (Fsp3) is 0.250. The lowest BCUT2D eigenvalue weighted by Crippen LogP contribution is -2.25. The summed E-state index contributed by atoms with van der Waals surface area (Å²) >= 11 is 0. The van der Waals surface area contributed by atoms with Crippen LogP contribution in [0.3, 0.4) is 0 Å². The maximum atomic E-state index is 13.4. The quantitative estimate of drug-likeness (QED) is 0.188. The third kappa shape index (κ3) is 5.02. The van der Waals surface area contributed by atoms with Crippen LogP contribution in [0, 0.1) is 10.1 Å². The molecule has 36 heavy (non-hydrogen) atoms. The van der Waals surface area contributed by atoms with Crippen LogP contribution in [-0.4, -0.2) is 20.8 Å². The lowest BCUT2D eigenvalue weighted by Gasteiger charge is -2.22. The first-order valence-electron chi connectivity index (χ1n) is 12.1. The molecule has 1 aliphatic rings. The van der Waals surface area contributed by atoms with Crippen LogP contribution in [0.25, 0.3) is 10.9 Å². The normalized spacial score (nSPS) is 14.3. The Morgan fingerprint density at radius 2 is 1.72 bits per heavy atom. The Bertz CT molecular complexity index is 1470. The van der Waals surface area contributed by atoms with E-state index in [0.29, 0.717) is 28.0 Å². The van der Waals surface area contributed by atoms with Gasteiger partial charge in [-0.3, -0.25) is 14.9 Å². The number of nitro benzene ring substituents is 1. The molecule has 8 nitrogen and oxygen atoms in total. The molecule has 0 amide bonds. The van der Waals surface area contributed by atoms with Gasteiger partial charge in [0.1, 0.15) is 18.2 Å². The molecule has 4 aromatic rings. The van der Waals surface area contributed by atoms with Crippen molar-refractivity contribution >= 4 is 22.8 Å². The molecule has 0 N–H and O–H groups in total. The highest BCUT2D eigenvalue weighted by Crippen LogP contribution is 2.31. The van der Waals surface area contributed by atoms with E-state index in [2.05, 4.69) is 5.10 Å². The number of non-ortho nitro benzene ring substituents is 1. The van der Waals surface area contributed by atoms with Crippen molar-refractivity contribution in [3.05, 3.63) is 110 Å². The molecule has 1 fully saturated rings. The highest BCUT2D eigenvalue weighted by Gasteiger charge is 2.22. The summed E-state index contributed by atoms with van der Waals surface area (Å²) in [4.78, 5) is 28.7. The summed E-state index contributed by atoms with van der Waals surface area (Å²) in [6.45, 7) is 0.244. The SMILES string of the molecule is O=c1c2ccccc2nc(C2CCCCC2)n1N=Cc1ccccc1OCc1ccc([N+](=O)[O-])cc1. The van der Waals surface area contributed by atoms with Crippen molar-refractivity contribution in [2.75, 3.05) is 0 Å². The number of hydrogen-bond acceptors (Lipinski definition) is 6. The maximum absolute atomic E-state index is 13.4. The van der Waals surface area contributed by atoms with Gasteiger partial charge in [0.15, 0.2) is 0 Å². The molecule has 0 bridgehead atoms. The fourth-order valence-electron chi connectivity index (χ4n) is 4.59. The first-order valence-corrected chi connectivity index (χ1v) is 12.1. The summed E-state index contributed by atoms with van der Waals surface area (Å²) in [5.74, 6) is 1.50. The van der Waals surface area contributed by atoms with Crippen LogP contribution in [0.2, 0.25) is 0 Å². The second-order valence-electron chi connectivity index (χ2n) is 8.93. The topological polar surface area (TPSA) is 99.6 Å². The zero-order valence-electron chi connectivity index (χ0n) is 19.7. The predicted molar refractivity (Wildman–Crippen MR) is 139 cm³/mol. The molecular weight excluding hydrogens is 456 g/mol. The molecule has 0 radical (unpaired) electrons. The standard InChI is InChI=1S/C28H26N4O4/c33-28-24-11-5-6-12-25(24)30-27(21-8-2-1-3-9-21)31(28)29-18-22-10-4-7-13-26(22)36-19-20-14-16-23(17-15-20)32(34)35/h4-7,10-18,21H,1-3,8-9,19H2. The van der Waals surface area contributed by atoms with Crippen LogP contribution in [0.5, 0.6) is 5.75 Å². The summed E-state index contributed by atoms with van der Waals surface area (Å²) in [7, 11) is 0. The molecule has 0 saturated heterocycles. The van der Waals surface area contributed by atoms with Gasteiger partial charge in [-0.05, 0) is 54.8 Å². The summed E-state index contributed by atoms with van der Waals surface area (Å²) in [6, 6.07) is 21.1. The number of ether oxygens (including phenoxy) is 1. The molecule has 0 spiro atoms. The summed E-state index contributed by atoms with van der Waals surface area (Å²) in [5, 5.41) is 16.0. The van der Waals surface area contributed by atoms with Crippen LogP contribution < -0.4 is 10.3 Å². The number of hydrogen-bond donors (Lipinski definition) is 0. The van der Waals surface area contributed by atoms with Gasteiger partial charge in [0.2, 0.25) is 0 Å². The number of para-hydroxylation sites is 2. The Labute approximate surface area is 208 Å². The Hall–Kier alpha value is -4.33. The monoisotopic (exact) mass is 482 g/mol. The highest BCUT2D eigenvalue weighted by molar-refractivity contribution is 5.83. The van der Waals surface area contributed by atoms with E-state index >= 15 is 0 Å². The molecule has 0 unspecified atom stereocenters. The molecule has 1 aromatic heterocycles. The van der Waals surface area contributed by atoms with E-state index in [1.165, 1.54) is 23.2 Å². The van der Waals surface area contributed by atoms with Crippen LogP contribution in [-0.2, 0) is 6.61 Å². The number of benzene rings is 3. The Kier molecular flexibility index (Phi) is 6.84. The van der Waals surface area contributed by atoms with Crippen molar-refractivity contribution in [2.24, 2.45) is 5.10 Å². The predicted octanol–water partition coefficient (Wildman–Crippen LogP) is 5.81.